The molecule has 0 fully saturated rings. The molecule has 0 bridgehead atoms. The van der Waals surface area contributed by atoms with Crippen molar-refractivity contribution in [2.45, 2.75) is 19.4 Å². The quantitative estimate of drug-likeness (QED) is 0.875. The summed E-state index contributed by atoms with van der Waals surface area (Å²) in [6.45, 7) is 2.00. The van der Waals surface area contributed by atoms with Crippen LogP contribution in [0.2, 0.25) is 0 Å². The number of aliphatic imine (C=N–C) groups is 1. The number of aromatic nitrogens is 1. The number of amidine groups is 1. The molecule has 1 aliphatic heterocycles. The Hall–Kier alpha value is -3.16. The first-order chi connectivity index (χ1) is 12.5. The van der Waals surface area contributed by atoms with Gasteiger partial charge in [-0.05, 0) is 36.8 Å². The molecule has 1 aromatic heterocycles. The van der Waals surface area contributed by atoms with Gasteiger partial charge in [-0.15, -0.1) is 0 Å². The van der Waals surface area contributed by atoms with E-state index in [1.54, 1.807) is 31.2 Å². The summed E-state index contributed by atoms with van der Waals surface area (Å²) in [5, 5.41) is 2.73. The maximum atomic E-state index is 14.5. The van der Waals surface area contributed by atoms with E-state index in [2.05, 4.69) is 15.3 Å². The van der Waals surface area contributed by atoms with Gasteiger partial charge in [-0.25, -0.2) is 14.4 Å². The third-order valence-corrected chi connectivity index (χ3v) is 4.03. The third kappa shape index (κ3) is 3.74. The van der Waals surface area contributed by atoms with E-state index in [0.29, 0.717) is 35.6 Å². The first kappa shape index (κ1) is 17.7. The summed E-state index contributed by atoms with van der Waals surface area (Å²) in [7, 11) is 1.52. The smallest absolute Gasteiger partial charge is 0.282 e. The highest BCUT2D eigenvalue weighted by Gasteiger charge is 2.22. The molecule has 3 rings (SSSR count). The van der Waals surface area contributed by atoms with Gasteiger partial charge in [0.05, 0.1) is 26.0 Å². The molecule has 0 aliphatic carbocycles. The summed E-state index contributed by atoms with van der Waals surface area (Å²) in [6.07, 6.45) is 1.96. The molecule has 1 aromatic carbocycles. The van der Waals surface area contributed by atoms with Crippen molar-refractivity contribution in [3.05, 3.63) is 53.1 Å². The van der Waals surface area contributed by atoms with Crippen molar-refractivity contribution >= 4 is 17.6 Å². The molecule has 0 saturated carbocycles. The molecular weight excluding hydrogens is 339 g/mol. The minimum Gasteiger partial charge on any atom is -0.495 e. The van der Waals surface area contributed by atoms with Crippen molar-refractivity contribution in [1.82, 2.24) is 4.98 Å². The number of pyridine rings is 1. The average molecular weight is 358 g/mol. The van der Waals surface area contributed by atoms with E-state index >= 15 is 0 Å². The number of nitrogens with zero attached hydrogens (tertiary/aromatic N) is 2. The molecule has 3 N–H and O–H groups in total. The molecule has 1 aliphatic rings. The number of hydrogen-bond donors (Lipinski definition) is 2. The molecule has 7 nitrogen and oxygen atoms in total. The number of halogens is 1. The number of aryl methyl sites for hydroxylation is 1. The lowest BCUT2D eigenvalue weighted by molar-refractivity contribution is 0.102. The Kier molecular flexibility index (Phi) is 5.01. The van der Waals surface area contributed by atoms with Crippen molar-refractivity contribution < 1.29 is 18.7 Å². The van der Waals surface area contributed by atoms with Crippen LogP contribution in [0, 0.1) is 12.7 Å². The van der Waals surface area contributed by atoms with Crippen molar-refractivity contribution in [2.24, 2.45) is 10.7 Å². The van der Waals surface area contributed by atoms with Crippen LogP contribution >= 0.6 is 0 Å². The molecule has 8 heteroatoms. The third-order valence-electron chi connectivity index (χ3n) is 4.03. The van der Waals surface area contributed by atoms with Crippen LogP contribution in [0.25, 0.3) is 0 Å². The van der Waals surface area contributed by atoms with Gasteiger partial charge in [-0.3, -0.25) is 4.79 Å². The second kappa shape index (κ2) is 7.38. The number of carbonyl (C=O) groups excluding carboxylic acids is 1. The number of benzene rings is 1. The van der Waals surface area contributed by atoms with Crippen LogP contribution in [0.4, 0.5) is 10.1 Å². The van der Waals surface area contributed by atoms with Gasteiger partial charge in [-0.2, -0.15) is 0 Å². The maximum absolute atomic E-state index is 14.5. The Labute approximate surface area is 150 Å². The van der Waals surface area contributed by atoms with E-state index in [9.17, 15) is 9.18 Å². The second-order valence-electron chi connectivity index (χ2n) is 5.85. The lowest BCUT2D eigenvalue weighted by atomic mass is 10.00. The standard InChI is InChI=1S/C18H19FN4O3/c1-10-7-11(22-17(24)15-4-3-12(25-2)9-21-15)8-13(16(10)19)14-5-6-26-18(20)23-14/h3-4,7-9,14H,5-6H2,1-2H3,(H2,20,23)(H,22,24). The molecule has 2 heterocycles. The Morgan fingerprint density at radius 1 is 1.42 bits per heavy atom. The number of ether oxygens (including phenoxy) is 2. The molecule has 0 radical (unpaired) electrons. The van der Waals surface area contributed by atoms with Crippen molar-refractivity contribution in [2.75, 3.05) is 19.0 Å². The Morgan fingerprint density at radius 2 is 2.23 bits per heavy atom. The van der Waals surface area contributed by atoms with Gasteiger partial charge in [0.15, 0.2) is 0 Å². The van der Waals surface area contributed by atoms with Crippen LogP contribution in [0.15, 0.2) is 35.5 Å². The number of nitrogens with two attached hydrogens (primary N) is 1. The predicted octanol–water partition coefficient (Wildman–Crippen LogP) is 2.57. The van der Waals surface area contributed by atoms with Crippen LogP contribution in [-0.2, 0) is 4.74 Å². The normalized spacial score (nSPS) is 16.4. The van der Waals surface area contributed by atoms with E-state index in [1.165, 1.54) is 13.3 Å². The average Bonchev–Trinajstić information content (AvgIpc) is 2.64. The van der Waals surface area contributed by atoms with Crippen LogP contribution in [0.3, 0.4) is 0 Å². The first-order valence-corrected chi connectivity index (χ1v) is 8.05. The summed E-state index contributed by atoms with van der Waals surface area (Å²) in [6, 6.07) is 5.91. The molecule has 2 aromatic rings. The van der Waals surface area contributed by atoms with Crippen molar-refractivity contribution in [3.63, 3.8) is 0 Å². The Morgan fingerprint density at radius 3 is 2.88 bits per heavy atom. The number of rotatable bonds is 4. The number of carbonyl (C=O) groups is 1. The summed E-state index contributed by atoms with van der Waals surface area (Å²) in [5.74, 6) is -0.218. The molecule has 1 unspecified atom stereocenters. The highest BCUT2D eigenvalue weighted by Crippen LogP contribution is 2.30. The number of hydrogen-bond acceptors (Lipinski definition) is 6. The minimum absolute atomic E-state index is 0.0372. The summed E-state index contributed by atoms with van der Waals surface area (Å²) < 4.78 is 24.7. The number of nitrogens with one attached hydrogen (secondary N) is 1. The van der Waals surface area contributed by atoms with Gasteiger partial charge in [0.1, 0.15) is 17.3 Å². The monoisotopic (exact) mass is 358 g/mol. The van der Waals surface area contributed by atoms with Crippen LogP contribution < -0.4 is 15.8 Å². The van der Waals surface area contributed by atoms with Crippen LogP contribution in [0.1, 0.15) is 34.1 Å². The van der Waals surface area contributed by atoms with Gasteiger partial charge < -0.3 is 20.5 Å². The fraction of sp³-hybridized carbons (Fsp3) is 0.278. The highest BCUT2D eigenvalue weighted by atomic mass is 19.1. The molecule has 1 atom stereocenters. The lowest BCUT2D eigenvalue weighted by Crippen LogP contribution is -2.24. The van der Waals surface area contributed by atoms with Crippen LogP contribution in [0.5, 0.6) is 5.75 Å². The fourth-order valence-corrected chi connectivity index (χ4v) is 2.70. The molecule has 26 heavy (non-hydrogen) atoms. The largest absolute Gasteiger partial charge is 0.495 e. The van der Waals surface area contributed by atoms with Crippen LogP contribution in [-0.4, -0.2) is 30.6 Å². The summed E-state index contributed by atoms with van der Waals surface area (Å²) in [5.41, 5.74) is 7.04. The van der Waals surface area contributed by atoms with E-state index in [4.69, 9.17) is 15.2 Å². The first-order valence-electron chi connectivity index (χ1n) is 8.05. The summed E-state index contributed by atoms with van der Waals surface area (Å²) >= 11 is 0. The van der Waals surface area contributed by atoms with E-state index in [1.807, 2.05) is 0 Å². The zero-order valence-electron chi connectivity index (χ0n) is 14.5. The molecule has 1 amide bonds. The summed E-state index contributed by atoms with van der Waals surface area (Å²) in [4.78, 5) is 20.6. The maximum Gasteiger partial charge on any atom is 0.282 e. The zero-order valence-corrected chi connectivity index (χ0v) is 14.5. The topological polar surface area (TPSA) is 98.8 Å². The second-order valence-corrected chi connectivity index (χ2v) is 5.85. The number of amides is 1. The fourth-order valence-electron chi connectivity index (χ4n) is 2.70. The Bertz CT molecular complexity index is 852. The van der Waals surface area contributed by atoms with Gasteiger partial charge in [-0.1, -0.05) is 0 Å². The molecule has 136 valence electrons. The van der Waals surface area contributed by atoms with E-state index in [-0.39, 0.29) is 17.5 Å². The lowest BCUT2D eigenvalue weighted by Gasteiger charge is -2.21. The molecular formula is C18H19FN4O3. The number of methoxy groups -OCH3 is 1. The minimum atomic E-state index is -0.446. The SMILES string of the molecule is COc1ccc(C(=O)Nc2cc(C)c(F)c(C3CCOC(N)=N3)c2)nc1. The van der Waals surface area contributed by atoms with Gasteiger partial charge in [0.2, 0.25) is 0 Å². The van der Waals surface area contributed by atoms with Crippen molar-refractivity contribution in [1.29, 1.82) is 0 Å². The van der Waals surface area contributed by atoms with E-state index < -0.39 is 11.9 Å². The molecule has 0 saturated heterocycles. The predicted molar refractivity (Wildman–Crippen MR) is 94.8 cm³/mol. The highest BCUT2D eigenvalue weighted by molar-refractivity contribution is 6.03. The van der Waals surface area contributed by atoms with Gasteiger partial charge >= 0.3 is 0 Å². The number of anilines is 1. The van der Waals surface area contributed by atoms with Crippen molar-refractivity contribution in [3.8, 4) is 5.75 Å². The van der Waals surface area contributed by atoms with Gasteiger partial charge in [0.25, 0.3) is 11.9 Å². The zero-order chi connectivity index (χ0) is 18.7. The van der Waals surface area contributed by atoms with E-state index in [0.717, 1.165) is 0 Å². The molecule has 0 spiro atoms. The Balaban J connectivity index is 1.85. The van der Waals surface area contributed by atoms with Gasteiger partial charge in [0, 0.05) is 17.7 Å².